The molecule has 2 N–H and O–H groups in total. The standard InChI is InChI=1S/C19H22N4O2S/c1-3-14-10-15-18(22-12-23-19(15)26-14)20-9-8-17(24)21-11-13-6-4-5-7-16(13)25-2/h4-7,10,12H,3,8-9,11H2,1-2H3,(H,21,24)(H,20,22,23). The Balaban J connectivity index is 1.52. The molecule has 0 saturated carbocycles. The van der Waals surface area contributed by atoms with E-state index in [1.807, 2.05) is 24.3 Å². The van der Waals surface area contributed by atoms with Crippen molar-refractivity contribution in [2.75, 3.05) is 19.0 Å². The number of fused-ring (bicyclic) bond motifs is 1. The molecule has 0 saturated heterocycles. The molecule has 0 aliphatic carbocycles. The van der Waals surface area contributed by atoms with E-state index in [1.54, 1.807) is 24.8 Å². The number of carbonyl (C=O) groups is 1. The van der Waals surface area contributed by atoms with Crippen molar-refractivity contribution in [1.82, 2.24) is 15.3 Å². The monoisotopic (exact) mass is 370 g/mol. The van der Waals surface area contributed by atoms with Gasteiger partial charge < -0.3 is 15.4 Å². The van der Waals surface area contributed by atoms with Crippen LogP contribution in [0.4, 0.5) is 5.82 Å². The van der Waals surface area contributed by atoms with E-state index >= 15 is 0 Å². The van der Waals surface area contributed by atoms with Gasteiger partial charge in [-0.15, -0.1) is 11.3 Å². The van der Waals surface area contributed by atoms with E-state index in [-0.39, 0.29) is 5.91 Å². The molecule has 0 fully saturated rings. The molecular formula is C19H22N4O2S. The van der Waals surface area contributed by atoms with Crippen LogP contribution in [0.15, 0.2) is 36.7 Å². The van der Waals surface area contributed by atoms with Crippen LogP contribution in [0.3, 0.4) is 0 Å². The Labute approximate surface area is 156 Å². The molecule has 3 rings (SSSR count). The van der Waals surface area contributed by atoms with Crippen molar-refractivity contribution in [3.8, 4) is 5.75 Å². The van der Waals surface area contributed by atoms with Crippen LogP contribution in [0.5, 0.6) is 5.75 Å². The van der Waals surface area contributed by atoms with Crippen molar-refractivity contribution < 1.29 is 9.53 Å². The smallest absolute Gasteiger partial charge is 0.222 e. The lowest BCUT2D eigenvalue weighted by molar-refractivity contribution is -0.121. The number of methoxy groups -OCH3 is 1. The van der Waals surface area contributed by atoms with Crippen LogP contribution in [-0.4, -0.2) is 29.5 Å². The number of para-hydroxylation sites is 1. The molecule has 3 aromatic rings. The average molecular weight is 370 g/mol. The Kier molecular flexibility index (Phi) is 6.01. The van der Waals surface area contributed by atoms with E-state index in [1.165, 1.54) is 4.88 Å². The van der Waals surface area contributed by atoms with Gasteiger partial charge in [-0.3, -0.25) is 4.79 Å². The summed E-state index contributed by atoms with van der Waals surface area (Å²) in [6, 6.07) is 9.78. The molecule has 0 unspecified atom stereocenters. The lowest BCUT2D eigenvalue weighted by atomic mass is 10.2. The molecule has 0 bridgehead atoms. The van der Waals surface area contributed by atoms with E-state index in [9.17, 15) is 4.79 Å². The zero-order chi connectivity index (χ0) is 18.4. The fraction of sp³-hybridized carbons (Fsp3) is 0.316. The van der Waals surface area contributed by atoms with Crippen molar-refractivity contribution >= 4 is 33.3 Å². The zero-order valence-electron chi connectivity index (χ0n) is 14.9. The van der Waals surface area contributed by atoms with Crippen LogP contribution in [0, 0.1) is 0 Å². The van der Waals surface area contributed by atoms with Gasteiger partial charge in [0.05, 0.1) is 12.5 Å². The first-order valence-corrected chi connectivity index (χ1v) is 9.38. The maximum atomic E-state index is 12.1. The Morgan fingerprint density at radius 1 is 1.27 bits per heavy atom. The highest BCUT2D eigenvalue weighted by Crippen LogP contribution is 2.28. The number of aryl methyl sites for hydroxylation is 1. The third kappa shape index (κ3) is 4.29. The van der Waals surface area contributed by atoms with Gasteiger partial charge in [-0.1, -0.05) is 25.1 Å². The molecule has 0 radical (unpaired) electrons. The normalized spacial score (nSPS) is 10.7. The predicted molar refractivity (Wildman–Crippen MR) is 105 cm³/mol. The van der Waals surface area contributed by atoms with Crippen LogP contribution in [0.25, 0.3) is 10.2 Å². The second-order valence-electron chi connectivity index (χ2n) is 5.77. The number of aromatic nitrogens is 2. The number of nitrogens with one attached hydrogen (secondary N) is 2. The van der Waals surface area contributed by atoms with E-state index < -0.39 is 0 Å². The molecule has 0 aliphatic heterocycles. The number of rotatable bonds is 8. The molecule has 0 atom stereocenters. The largest absolute Gasteiger partial charge is 0.496 e. The number of thiophene rings is 1. The number of hydrogen-bond acceptors (Lipinski definition) is 6. The second-order valence-corrected chi connectivity index (χ2v) is 6.89. The number of hydrogen-bond donors (Lipinski definition) is 2. The quantitative estimate of drug-likeness (QED) is 0.636. The SMILES string of the molecule is CCc1cc2c(NCCC(=O)NCc3ccccc3OC)ncnc2s1. The lowest BCUT2D eigenvalue weighted by Gasteiger charge is -2.10. The van der Waals surface area contributed by atoms with Gasteiger partial charge >= 0.3 is 0 Å². The maximum Gasteiger partial charge on any atom is 0.222 e. The molecule has 7 heteroatoms. The third-order valence-corrected chi connectivity index (χ3v) is 5.23. The molecule has 1 aromatic carbocycles. The molecule has 26 heavy (non-hydrogen) atoms. The average Bonchev–Trinajstić information content (AvgIpc) is 3.11. The Hall–Kier alpha value is -2.67. The number of carbonyl (C=O) groups excluding carboxylic acids is 1. The van der Waals surface area contributed by atoms with Crippen molar-refractivity contribution in [1.29, 1.82) is 0 Å². The molecule has 1 amide bonds. The predicted octanol–water partition coefficient (Wildman–Crippen LogP) is 3.38. The van der Waals surface area contributed by atoms with Gasteiger partial charge in [0.1, 0.15) is 22.7 Å². The number of ether oxygens (including phenoxy) is 1. The van der Waals surface area contributed by atoms with Gasteiger partial charge in [-0.2, -0.15) is 0 Å². The first-order chi connectivity index (χ1) is 12.7. The van der Waals surface area contributed by atoms with Crippen molar-refractivity contribution in [3.05, 3.63) is 47.1 Å². The lowest BCUT2D eigenvalue weighted by Crippen LogP contribution is -2.25. The highest BCUT2D eigenvalue weighted by Gasteiger charge is 2.09. The van der Waals surface area contributed by atoms with Gasteiger partial charge in [0.15, 0.2) is 0 Å². The summed E-state index contributed by atoms with van der Waals surface area (Å²) in [5.74, 6) is 1.54. The summed E-state index contributed by atoms with van der Waals surface area (Å²) in [7, 11) is 1.63. The molecule has 0 spiro atoms. The van der Waals surface area contributed by atoms with Crippen LogP contribution in [0.2, 0.25) is 0 Å². The summed E-state index contributed by atoms with van der Waals surface area (Å²) in [6.45, 7) is 3.09. The summed E-state index contributed by atoms with van der Waals surface area (Å²) in [4.78, 5) is 23.0. The number of nitrogens with zero attached hydrogens (tertiary/aromatic N) is 2. The number of anilines is 1. The fourth-order valence-electron chi connectivity index (χ4n) is 2.65. The van der Waals surface area contributed by atoms with Gasteiger partial charge in [-0.25, -0.2) is 9.97 Å². The minimum Gasteiger partial charge on any atom is -0.496 e. The van der Waals surface area contributed by atoms with Gasteiger partial charge in [0.25, 0.3) is 0 Å². The second kappa shape index (κ2) is 8.62. The minimum atomic E-state index is -0.0201. The van der Waals surface area contributed by atoms with Crippen LogP contribution < -0.4 is 15.4 Å². The maximum absolute atomic E-state index is 12.1. The van der Waals surface area contributed by atoms with E-state index in [0.29, 0.717) is 19.5 Å². The Morgan fingerprint density at radius 2 is 2.12 bits per heavy atom. The molecule has 136 valence electrons. The van der Waals surface area contributed by atoms with Gasteiger partial charge in [0, 0.05) is 30.0 Å². The van der Waals surface area contributed by atoms with Gasteiger partial charge in [-0.05, 0) is 18.6 Å². The summed E-state index contributed by atoms with van der Waals surface area (Å²) < 4.78 is 5.29. The topological polar surface area (TPSA) is 76.1 Å². The molecular weight excluding hydrogens is 348 g/mol. The summed E-state index contributed by atoms with van der Waals surface area (Å²) in [6.07, 6.45) is 2.90. The number of amides is 1. The summed E-state index contributed by atoms with van der Waals surface area (Å²) in [5, 5.41) is 7.18. The van der Waals surface area contributed by atoms with Crippen molar-refractivity contribution in [3.63, 3.8) is 0 Å². The van der Waals surface area contributed by atoms with Crippen molar-refractivity contribution in [2.24, 2.45) is 0 Å². The zero-order valence-corrected chi connectivity index (χ0v) is 15.7. The summed E-state index contributed by atoms with van der Waals surface area (Å²) >= 11 is 1.68. The molecule has 6 nitrogen and oxygen atoms in total. The summed E-state index contributed by atoms with van der Waals surface area (Å²) in [5.41, 5.74) is 0.958. The Morgan fingerprint density at radius 3 is 2.92 bits per heavy atom. The van der Waals surface area contributed by atoms with Gasteiger partial charge in [0.2, 0.25) is 5.91 Å². The van der Waals surface area contributed by atoms with Crippen LogP contribution >= 0.6 is 11.3 Å². The molecule has 0 aliphatic rings. The fourth-order valence-corrected chi connectivity index (χ4v) is 3.58. The van der Waals surface area contributed by atoms with Crippen molar-refractivity contribution in [2.45, 2.75) is 26.3 Å². The first kappa shape index (κ1) is 18.1. The van der Waals surface area contributed by atoms with E-state index in [0.717, 1.165) is 33.8 Å². The highest BCUT2D eigenvalue weighted by atomic mass is 32.1. The molecule has 2 aromatic heterocycles. The van der Waals surface area contributed by atoms with Crippen LogP contribution in [0.1, 0.15) is 23.8 Å². The Bertz CT molecular complexity index is 894. The highest BCUT2D eigenvalue weighted by molar-refractivity contribution is 7.18. The molecule has 2 heterocycles. The minimum absolute atomic E-state index is 0.0201. The van der Waals surface area contributed by atoms with E-state index in [4.69, 9.17) is 4.74 Å². The van der Waals surface area contributed by atoms with E-state index in [2.05, 4.69) is 33.6 Å². The number of benzene rings is 1. The third-order valence-electron chi connectivity index (χ3n) is 4.04. The van der Waals surface area contributed by atoms with Crippen LogP contribution in [-0.2, 0) is 17.8 Å². The first-order valence-electron chi connectivity index (χ1n) is 8.57.